The lowest BCUT2D eigenvalue weighted by atomic mass is 9.67. The molecule has 2 aliphatic rings. The second-order valence-corrected chi connectivity index (χ2v) is 8.42. The summed E-state index contributed by atoms with van der Waals surface area (Å²) in [5.74, 6) is 0.609. The fourth-order valence-corrected chi connectivity index (χ4v) is 5.30. The molecule has 1 aliphatic carbocycles. The number of hydrogen-bond donors (Lipinski definition) is 2. The minimum atomic E-state index is -0.798. The van der Waals surface area contributed by atoms with Crippen LogP contribution in [0.15, 0.2) is 59.5 Å². The Kier molecular flexibility index (Phi) is 4.41. The number of pyridine rings is 1. The van der Waals surface area contributed by atoms with Crippen LogP contribution in [-0.4, -0.2) is 37.6 Å². The first-order valence-corrected chi connectivity index (χ1v) is 10.2. The van der Waals surface area contributed by atoms with Gasteiger partial charge >= 0.3 is 0 Å². The van der Waals surface area contributed by atoms with Gasteiger partial charge in [-0.25, -0.2) is 4.98 Å². The van der Waals surface area contributed by atoms with Crippen LogP contribution in [0.5, 0.6) is 5.75 Å². The van der Waals surface area contributed by atoms with Crippen molar-refractivity contribution in [1.82, 2.24) is 14.3 Å². The van der Waals surface area contributed by atoms with E-state index in [9.17, 15) is 15.0 Å². The van der Waals surface area contributed by atoms with Crippen molar-refractivity contribution >= 4 is 5.65 Å². The number of hydrogen-bond acceptors (Lipinski definition) is 5. The van der Waals surface area contributed by atoms with E-state index in [4.69, 9.17) is 0 Å². The molecule has 2 fully saturated rings. The molecule has 6 nitrogen and oxygen atoms in total. The minimum Gasteiger partial charge on any atom is -0.504 e. The molecule has 150 valence electrons. The first kappa shape index (κ1) is 18.3. The zero-order chi connectivity index (χ0) is 20.0. The van der Waals surface area contributed by atoms with Crippen molar-refractivity contribution in [3.63, 3.8) is 0 Å². The van der Waals surface area contributed by atoms with Gasteiger partial charge < -0.3 is 10.2 Å². The molecular weight excluding hydrogens is 366 g/mol. The fraction of sp³-hybridized carbons (Fsp3) is 0.391. The summed E-state index contributed by atoms with van der Waals surface area (Å²) in [4.78, 5) is 19.2. The monoisotopic (exact) mass is 391 g/mol. The molecular formula is C23H25N3O3. The van der Waals surface area contributed by atoms with Gasteiger partial charge in [0.1, 0.15) is 0 Å². The van der Waals surface area contributed by atoms with Gasteiger partial charge in [-0.15, -0.1) is 0 Å². The molecule has 1 saturated carbocycles. The van der Waals surface area contributed by atoms with Crippen molar-refractivity contribution in [2.24, 2.45) is 11.8 Å². The summed E-state index contributed by atoms with van der Waals surface area (Å²) in [5, 5.41) is 21.7. The molecule has 1 aromatic carbocycles. The number of likely N-dealkylation sites (tertiary alicyclic amines) is 1. The summed E-state index contributed by atoms with van der Waals surface area (Å²) in [7, 11) is 0. The number of nitrogens with zero attached hydrogens (tertiary/aromatic N) is 3. The van der Waals surface area contributed by atoms with Crippen LogP contribution in [0, 0.1) is 11.8 Å². The predicted octanol–water partition coefficient (Wildman–Crippen LogP) is 2.52. The molecule has 1 aliphatic heterocycles. The molecule has 3 heterocycles. The van der Waals surface area contributed by atoms with E-state index in [0.29, 0.717) is 18.2 Å². The van der Waals surface area contributed by atoms with E-state index in [2.05, 4.69) is 9.88 Å². The van der Waals surface area contributed by atoms with Crippen LogP contribution >= 0.6 is 0 Å². The van der Waals surface area contributed by atoms with Crippen molar-refractivity contribution < 1.29 is 10.2 Å². The van der Waals surface area contributed by atoms with Crippen LogP contribution in [0.2, 0.25) is 0 Å². The van der Waals surface area contributed by atoms with E-state index in [-0.39, 0.29) is 22.9 Å². The SMILES string of the molecule is O=c1cc(CN2C[C@@H]3CCC[C@@](O)(c4ccccc4)[C@@H]3C2)nc2c(O)cccn12. The highest BCUT2D eigenvalue weighted by Crippen LogP contribution is 2.48. The lowest BCUT2D eigenvalue weighted by Gasteiger charge is -2.41. The molecule has 3 atom stereocenters. The molecule has 0 radical (unpaired) electrons. The number of rotatable bonds is 3. The Morgan fingerprint density at radius 2 is 1.97 bits per heavy atom. The third kappa shape index (κ3) is 3.12. The van der Waals surface area contributed by atoms with Crippen LogP contribution in [0.3, 0.4) is 0 Å². The summed E-state index contributed by atoms with van der Waals surface area (Å²) in [6.07, 6.45) is 4.53. The normalized spacial score (nSPS) is 27.2. The number of fused-ring (bicyclic) bond motifs is 2. The Hall–Kier alpha value is -2.70. The average molecular weight is 391 g/mol. The van der Waals surface area contributed by atoms with Gasteiger partial charge in [0, 0.05) is 37.8 Å². The lowest BCUT2D eigenvalue weighted by molar-refractivity contribution is -0.0648. The second kappa shape index (κ2) is 6.97. The fourth-order valence-electron chi connectivity index (χ4n) is 5.30. The molecule has 2 aromatic heterocycles. The maximum atomic E-state index is 12.4. The lowest BCUT2D eigenvalue weighted by Crippen LogP contribution is -2.42. The Morgan fingerprint density at radius 3 is 2.79 bits per heavy atom. The topological polar surface area (TPSA) is 78.1 Å². The van der Waals surface area contributed by atoms with Crippen LogP contribution in [-0.2, 0) is 12.1 Å². The van der Waals surface area contributed by atoms with Crippen LogP contribution in [0.25, 0.3) is 5.65 Å². The van der Waals surface area contributed by atoms with Crippen LogP contribution in [0.4, 0.5) is 0 Å². The van der Waals surface area contributed by atoms with E-state index in [1.807, 2.05) is 30.3 Å². The maximum absolute atomic E-state index is 12.4. The van der Waals surface area contributed by atoms with Crippen molar-refractivity contribution in [3.8, 4) is 5.75 Å². The quantitative estimate of drug-likeness (QED) is 0.717. The Bertz CT molecular complexity index is 1100. The van der Waals surface area contributed by atoms with Gasteiger partial charge in [-0.2, -0.15) is 0 Å². The molecule has 6 heteroatoms. The molecule has 1 saturated heterocycles. The molecule has 29 heavy (non-hydrogen) atoms. The Morgan fingerprint density at radius 1 is 1.14 bits per heavy atom. The average Bonchev–Trinajstić information content (AvgIpc) is 3.14. The standard InChI is InChI=1S/C23H25N3O3/c27-20-9-5-11-26-21(28)12-18(24-22(20)26)14-25-13-16-6-4-10-23(29,19(16)15-25)17-7-2-1-3-8-17/h1-3,5,7-9,11-12,16,19,27,29H,4,6,10,13-15H2/t16-,19+,23+/m0/s1. The van der Waals surface area contributed by atoms with Gasteiger partial charge in [-0.3, -0.25) is 14.1 Å². The Labute approximate surface area is 169 Å². The smallest absolute Gasteiger partial charge is 0.258 e. The summed E-state index contributed by atoms with van der Waals surface area (Å²) < 4.78 is 1.36. The number of aliphatic hydroxyl groups is 1. The van der Waals surface area contributed by atoms with Gasteiger partial charge in [0.15, 0.2) is 11.4 Å². The summed E-state index contributed by atoms with van der Waals surface area (Å²) in [5.41, 5.74) is 0.945. The zero-order valence-corrected chi connectivity index (χ0v) is 16.2. The Balaban J connectivity index is 1.41. The largest absolute Gasteiger partial charge is 0.504 e. The third-order valence-electron chi connectivity index (χ3n) is 6.65. The van der Waals surface area contributed by atoms with Gasteiger partial charge in [0.2, 0.25) is 0 Å². The van der Waals surface area contributed by atoms with E-state index in [1.54, 1.807) is 12.3 Å². The van der Waals surface area contributed by atoms with E-state index in [1.165, 1.54) is 16.5 Å². The van der Waals surface area contributed by atoms with Crippen LogP contribution in [0.1, 0.15) is 30.5 Å². The van der Waals surface area contributed by atoms with Gasteiger partial charge in [-0.1, -0.05) is 30.3 Å². The van der Waals surface area contributed by atoms with E-state index in [0.717, 1.165) is 37.9 Å². The number of aromatic hydroxyl groups is 1. The van der Waals surface area contributed by atoms with Crippen LogP contribution < -0.4 is 5.56 Å². The molecule has 0 amide bonds. The second-order valence-electron chi connectivity index (χ2n) is 8.42. The third-order valence-corrected chi connectivity index (χ3v) is 6.65. The summed E-state index contributed by atoms with van der Waals surface area (Å²) in [6, 6.07) is 14.7. The molecule has 3 aromatic rings. The number of benzene rings is 1. The van der Waals surface area contributed by atoms with E-state index < -0.39 is 5.60 Å². The molecule has 5 rings (SSSR count). The predicted molar refractivity (Wildman–Crippen MR) is 110 cm³/mol. The number of aromatic nitrogens is 2. The molecule has 2 N–H and O–H groups in total. The van der Waals surface area contributed by atoms with Gasteiger partial charge in [-0.05, 0) is 42.9 Å². The maximum Gasteiger partial charge on any atom is 0.258 e. The molecule has 0 unspecified atom stereocenters. The summed E-state index contributed by atoms with van der Waals surface area (Å²) >= 11 is 0. The van der Waals surface area contributed by atoms with Crippen molar-refractivity contribution in [2.45, 2.75) is 31.4 Å². The highest BCUT2D eigenvalue weighted by Gasteiger charge is 2.49. The van der Waals surface area contributed by atoms with Crippen molar-refractivity contribution in [1.29, 1.82) is 0 Å². The molecule has 0 spiro atoms. The summed E-state index contributed by atoms with van der Waals surface area (Å²) in [6.45, 7) is 2.21. The first-order valence-electron chi connectivity index (χ1n) is 10.2. The molecule has 0 bridgehead atoms. The van der Waals surface area contributed by atoms with Crippen molar-refractivity contribution in [3.05, 3.63) is 76.3 Å². The van der Waals surface area contributed by atoms with Crippen molar-refractivity contribution in [2.75, 3.05) is 13.1 Å². The highest BCUT2D eigenvalue weighted by atomic mass is 16.3. The zero-order valence-electron chi connectivity index (χ0n) is 16.2. The van der Waals surface area contributed by atoms with Gasteiger partial charge in [0.05, 0.1) is 11.3 Å². The van der Waals surface area contributed by atoms with E-state index >= 15 is 0 Å². The highest BCUT2D eigenvalue weighted by molar-refractivity contribution is 5.52. The minimum absolute atomic E-state index is 0.00000544. The first-order chi connectivity index (χ1) is 14.0. The van der Waals surface area contributed by atoms with Gasteiger partial charge in [0.25, 0.3) is 5.56 Å².